The molecule has 0 amide bonds. The van der Waals surface area contributed by atoms with Crippen molar-refractivity contribution >= 4 is 17.3 Å². The monoisotopic (exact) mass is 192 g/mol. The van der Waals surface area contributed by atoms with Gasteiger partial charge in [-0.05, 0) is 24.3 Å². The summed E-state index contributed by atoms with van der Waals surface area (Å²) in [6, 6.07) is 7.80. The molecule has 0 aromatic heterocycles. The van der Waals surface area contributed by atoms with E-state index in [0.29, 0.717) is 5.96 Å². The van der Waals surface area contributed by atoms with E-state index in [1.807, 2.05) is 45.4 Å². The highest BCUT2D eigenvalue weighted by molar-refractivity contribution is 5.90. The van der Waals surface area contributed by atoms with Crippen LogP contribution in [0.4, 0.5) is 11.4 Å². The van der Waals surface area contributed by atoms with Gasteiger partial charge in [0.05, 0.1) is 0 Å². The van der Waals surface area contributed by atoms with Crippen molar-refractivity contribution in [3.8, 4) is 0 Å². The highest BCUT2D eigenvalue weighted by Gasteiger charge is 1.98. The summed E-state index contributed by atoms with van der Waals surface area (Å²) < 4.78 is 0. The average molecular weight is 192 g/mol. The van der Waals surface area contributed by atoms with E-state index < -0.39 is 0 Å². The van der Waals surface area contributed by atoms with Crippen LogP contribution in [0.15, 0.2) is 24.3 Å². The van der Waals surface area contributed by atoms with Gasteiger partial charge in [0.15, 0.2) is 5.96 Å². The summed E-state index contributed by atoms with van der Waals surface area (Å²) >= 11 is 0. The van der Waals surface area contributed by atoms with Crippen LogP contribution in [-0.4, -0.2) is 32.0 Å². The summed E-state index contributed by atoms with van der Waals surface area (Å²) in [5, 5.41) is 13.6. The number of guanidine groups is 1. The van der Waals surface area contributed by atoms with Crippen molar-refractivity contribution in [3.05, 3.63) is 24.3 Å². The number of anilines is 2. The second kappa shape index (κ2) is 4.50. The third-order valence-corrected chi connectivity index (χ3v) is 1.88. The van der Waals surface area contributed by atoms with Gasteiger partial charge in [0, 0.05) is 32.5 Å². The van der Waals surface area contributed by atoms with E-state index in [4.69, 9.17) is 5.41 Å². The van der Waals surface area contributed by atoms with Gasteiger partial charge in [0.1, 0.15) is 0 Å². The third-order valence-electron chi connectivity index (χ3n) is 1.88. The molecule has 0 aliphatic heterocycles. The zero-order valence-electron chi connectivity index (χ0n) is 8.76. The van der Waals surface area contributed by atoms with Gasteiger partial charge in [-0.25, -0.2) is 0 Å². The van der Waals surface area contributed by atoms with Crippen molar-refractivity contribution in [2.45, 2.75) is 0 Å². The van der Waals surface area contributed by atoms with Gasteiger partial charge in [-0.2, -0.15) is 0 Å². The van der Waals surface area contributed by atoms with Gasteiger partial charge in [0.25, 0.3) is 0 Å². The smallest absolute Gasteiger partial charge is 0.195 e. The molecule has 0 saturated carbocycles. The normalized spacial score (nSPS) is 9.36. The predicted octanol–water partition coefficient (Wildman–Crippen LogP) is 1.64. The Morgan fingerprint density at radius 3 is 2.07 bits per heavy atom. The molecule has 0 fully saturated rings. The molecular weight excluding hydrogens is 176 g/mol. The van der Waals surface area contributed by atoms with Crippen LogP contribution in [-0.2, 0) is 0 Å². The van der Waals surface area contributed by atoms with Crippen LogP contribution in [0.25, 0.3) is 0 Å². The average Bonchev–Trinajstić information content (AvgIpc) is 2.19. The number of nitrogens with zero attached hydrogens (tertiary/aromatic N) is 1. The van der Waals surface area contributed by atoms with Gasteiger partial charge in [-0.1, -0.05) is 0 Å². The number of hydrogen-bond acceptors (Lipinski definition) is 2. The fourth-order valence-electron chi connectivity index (χ4n) is 0.969. The van der Waals surface area contributed by atoms with Gasteiger partial charge < -0.3 is 15.5 Å². The molecule has 4 heteroatoms. The molecule has 1 rings (SSSR count). The van der Waals surface area contributed by atoms with E-state index in [1.54, 1.807) is 4.90 Å². The lowest BCUT2D eigenvalue weighted by Gasteiger charge is -2.15. The van der Waals surface area contributed by atoms with Gasteiger partial charge >= 0.3 is 0 Å². The van der Waals surface area contributed by atoms with E-state index in [1.165, 1.54) is 0 Å². The first-order valence-corrected chi connectivity index (χ1v) is 4.44. The molecule has 1 aromatic rings. The van der Waals surface area contributed by atoms with Crippen molar-refractivity contribution in [2.75, 3.05) is 31.8 Å². The standard InChI is InChI=1S/C10H16N4/c1-12-8-4-6-9(7-5-8)13-10(11)14(2)3/h4-7,12H,1-3H3,(H2,11,13). The Morgan fingerprint density at radius 1 is 1.14 bits per heavy atom. The topological polar surface area (TPSA) is 51.1 Å². The molecule has 0 bridgehead atoms. The summed E-state index contributed by atoms with van der Waals surface area (Å²) in [5.41, 5.74) is 1.98. The van der Waals surface area contributed by atoms with Crippen molar-refractivity contribution in [1.82, 2.24) is 4.90 Å². The van der Waals surface area contributed by atoms with Crippen LogP contribution in [0.2, 0.25) is 0 Å². The number of benzene rings is 1. The highest BCUT2D eigenvalue weighted by atomic mass is 15.2. The van der Waals surface area contributed by atoms with Crippen molar-refractivity contribution in [3.63, 3.8) is 0 Å². The van der Waals surface area contributed by atoms with Crippen LogP contribution in [0.5, 0.6) is 0 Å². The molecule has 3 N–H and O–H groups in total. The Kier molecular flexibility index (Phi) is 3.34. The van der Waals surface area contributed by atoms with E-state index >= 15 is 0 Å². The maximum atomic E-state index is 7.58. The minimum absolute atomic E-state index is 0.377. The lowest BCUT2D eigenvalue weighted by Crippen LogP contribution is -2.28. The van der Waals surface area contributed by atoms with Crippen LogP contribution in [0.3, 0.4) is 0 Å². The molecule has 0 saturated heterocycles. The molecule has 0 aliphatic carbocycles. The summed E-state index contributed by atoms with van der Waals surface area (Å²) in [6.07, 6.45) is 0. The molecule has 0 aliphatic rings. The molecule has 0 unspecified atom stereocenters. The molecule has 0 radical (unpaired) electrons. The van der Waals surface area contributed by atoms with Crippen LogP contribution >= 0.6 is 0 Å². The predicted molar refractivity (Wildman–Crippen MR) is 61.0 cm³/mol. The quantitative estimate of drug-likeness (QED) is 0.493. The summed E-state index contributed by atoms with van der Waals surface area (Å²) in [4.78, 5) is 1.71. The Labute approximate surface area is 84.4 Å². The van der Waals surface area contributed by atoms with Gasteiger partial charge in [-0.15, -0.1) is 0 Å². The van der Waals surface area contributed by atoms with E-state index in [9.17, 15) is 0 Å². The zero-order valence-corrected chi connectivity index (χ0v) is 8.76. The largest absolute Gasteiger partial charge is 0.388 e. The highest BCUT2D eigenvalue weighted by Crippen LogP contribution is 2.12. The van der Waals surface area contributed by atoms with E-state index in [0.717, 1.165) is 11.4 Å². The zero-order chi connectivity index (χ0) is 10.6. The third kappa shape index (κ3) is 2.65. The lowest BCUT2D eigenvalue weighted by molar-refractivity contribution is 0.616. The fraction of sp³-hybridized carbons (Fsp3) is 0.300. The van der Waals surface area contributed by atoms with Crippen LogP contribution in [0.1, 0.15) is 0 Å². The SMILES string of the molecule is CNc1ccc(NC(=N)N(C)C)cc1. The van der Waals surface area contributed by atoms with Crippen LogP contribution < -0.4 is 10.6 Å². The minimum atomic E-state index is 0.377. The van der Waals surface area contributed by atoms with Crippen molar-refractivity contribution < 1.29 is 0 Å². The second-order valence-electron chi connectivity index (χ2n) is 3.20. The summed E-state index contributed by atoms with van der Waals surface area (Å²) in [6.45, 7) is 0. The maximum Gasteiger partial charge on any atom is 0.195 e. The Bertz CT molecular complexity index is 302. The molecule has 0 spiro atoms. The number of rotatable bonds is 2. The van der Waals surface area contributed by atoms with Crippen molar-refractivity contribution in [1.29, 1.82) is 5.41 Å². The molecule has 1 aromatic carbocycles. The molecule has 14 heavy (non-hydrogen) atoms. The molecule has 4 nitrogen and oxygen atoms in total. The first-order valence-electron chi connectivity index (χ1n) is 4.44. The molecule has 0 atom stereocenters. The molecule has 76 valence electrons. The summed E-state index contributed by atoms with van der Waals surface area (Å²) in [7, 11) is 5.54. The fourth-order valence-corrected chi connectivity index (χ4v) is 0.969. The lowest BCUT2D eigenvalue weighted by atomic mass is 10.3. The van der Waals surface area contributed by atoms with Gasteiger partial charge in [-0.3, -0.25) is 5.41 Å². The minimum Gasteiger partial charge on any atom is -0.388 e. The van der Waals surface area contributed by atoms with Crippen LogP contribution in [0, 0.1) is 5.41 Å². The second-order valence-corrected chi connectivity index (χ2v) is 3.20. The van der Waals surface area contributed by atoms with E-state index in [2.05, 4.69) is 10.6 Å². The Morgan fingerprint density at radius 2 is 1.64 bits per heavy atom. The number of hydrogen-bond donors (Lipinski definition) is 3. The van der Waals surface area contributed by atoms with E-state index in [-0.39, 0.29) is 0 Å². The first kappa shape index (κ1) is 10.4. The molecular formula is C10H16N4. The summed E-state index contributed by atoms with van der Waals surface area (Å²) in [5.74, 6) is 0.377. The van der Waals surface area contributed by atoms with Gasteiger partial charge in [0.2, 0.25) is 0 Å². The maximum absolute atomic E-state index is 7.58. The Balaban J connectivity index is 2.64. The Hall–Kier alpha value is -1.71. The van der Waals surface area contributed by atoms with Crippen molar-refractivity contribution in [2.24, 2.45) is 0 Å². The first-order chi connectivity index (χ1) is 6.63. The molecule has 0 heterocycles. The number of nitrogens with one attached hydrogen (secondary N) is 3.